The van der Waals surface area contributed by atoms with Gasteiger partial charge >= 0.3 is 0 Å². The van der Waals surface area contributed by atoms with Crippen LogP contribution in [0.15, 0.2) is 66.0 Å². The summed E-state index contributed by atoms with van der Waals surface area (Å²) < 4.78 is 6.83. The highest BCUT2D eigenvalue weighted by molar-refractivity contribution is 7.22. The first kappa shape index (κ1) is 16.8. The van der Waals surface area contributed by atoms with Gasteiger partial charge in [0.25, 0.3) is 5.91 Å². The molecule has 2 aromatic carbocycles. The maximum absolute atomic E-state index is 12.5. The topological polar surface area (TPSA) is 51.2 Å². The van der Waals surface area contributed by atoms with Crippen molar-refractivity contribution in [3.05, 3.63) is 66.0 Å². The monoisotopic (exact) mass is 380 g/mol. The Kier molecular flexibility index (Phi) is 4.69. The van der Waals surface area contributed by atoms with Gasteiger partial charge in [0.05, 0.1) is 10.2 Å². The molecule has 4 rings (SSSR count). The minimum atomic E-state index is -0.595. The third-order valence-corrected chi connectivity index (χ3v) is 5.75. The highest BCUT2D eigenvalue weighted by atomic mass is 32.1. The molecule has 2 aromatic heterocycles. The Morgan fingerprint density at radius 1 is 1.08 bits per heavy atom. The lowest BCUT2D eigenvalue weighted by atomic mass is 10.3. The Bertz CT molecular complexity index is 1010. The van der Waals surface area contributed by atoms with Crippen molar-refractivity contribution >= 4 is 43.8 Å². The number of ether oxygens (including phenoxy) is 1. The number of rotatable bonds is 5. The fraction of sp³-hybridized carbons (Fsp3) is 0.100. The SMILES string of the molecule is C[C@@H](Oc1ccccc1)C(=O)Nc1sccc1-c1nc2ccccc2s1. The standard InChI is InChI=1S/C20H16N2O2S2/c1-13(24-14-7-3-2-4-8-14)18(23)22-19-15(11-12-25-19)20-21-16-9-5-6-10-17(16)26-20/h2-13H,1H3,(H,22,23)/t13-/m1/s1. The van der Waals surface area contributed by atoms with Crippen molar-refractivity contribution in [2.24, 2.45) is 0 Å². The molecule has 26 heavy (non-hydrogen) atoms. The molecule has 0 aliphatic heterocycles. The van der Waals surface area contributed by atoms with Gasteiger partial charge in [-0.2, -0.15) is 0 Å². The average molecular weight is 380 g/mol. The highest BCUT2D eigenvalue weighted by Crippen LogP contribution is 2.37. The van der Waals surface area contributed by atoms with Crippen LogP contribution in [0, 0.1) is 0 Å². The third-order valence-electron chi connectivity index (χ3n) is 3.85. The zero-order valence-corrected chi connectivity index (χ0v) is 15.6. The zero-order valence-electron chi connectivity index (χ0n) is 14.0. The summed E-state index contributed by atoms with van der Waals surface area (Å²) >= 11 is 3.11. The number of anilines is 1. The van der Waals surface area contributed by atoms with E-state index in [4.69, 9.17) is 4.74 Å². The molecule has 1 amide bonds. The summed E-state index contributed by atoms with van der Waals surface area (Å²) in [7, 11) is 0. The number of amides is 1. The van der Waals surface area contributed by atoms with E-state index in [1.807, 2.05) is 60.0 Å². The molecule has 6 heteroatoms. The predicted molar refractivity (Wildman–Crippen MR) is 108 cm³/mol. The number of carbonyl (C=O) groups excluding carboxylic acids is 1. The largest absolute Gasteiger partial charge is 0.481 e. The number of carbonyl (C=O) groups is 1. The molecular weight excluding hydrogens is 364 g/mol. The van der Waals surface area contributed by atoms with Crippen molar-refractivity contribution in [1.29, 1.82) is 0 Å². The maximum Gasteiger partial charge on any atom is 0.265 e. The molecule has 0 aliphatic rings. The van der Waals surface area contributed by atoms with Crippen LogP contribution < -0.4 is 10.1 Å². The van der Waals surface area contributed by atoms with E-state index in [9.17, 15) is 4.79 Å². The predicted octanol–water partition coefficient (Wildman–Crippen LogP) is 5.43. The molecule has 4 nitrogen and oxygen atoms in total. The number of thiazole rings is 1. The molecule has 130 valence electrons. The molecule has 4 aromatic rings. The van der Waals surface area contributed by atoms with Gasteiger partial charge in [-0.25, -0.2) is 4.98 Å². The highest BCUT2D eigenvalue weighted by Gasteiger charge is 2.19. The van der Waals surface area contributed by atoms with Crippen LogP contribution in [0.25, 0.3) is 20.8 Å². The second-order valence-corrected chi connectivity index (χ2v) is 7.66. The normalized spacial score (nSPS) is 12.0. The van der Waals surface area contributed by atoms with Gasteiger partial charge < -0.3 is 10.1 Å². The fourth-order valence-electron chi connectivity index (χ4n) is 2.53. The summed E-state index contributed by atoms with van der Waals surface area (Å²) in [5.74, 6) is 0.492. The van der Waals surface area contributed by atoms with E-state index in [-0.39, 0.29) is 5.91 Å². The van der Waals surface area contributed by atoms with Crippen molar-refractivity contribution in [3.63, 3.8) is 0 Å². The molecule has 0 radical (unpaired) electrons. The number of hydrogen-bond acceptors (Lipinski definition) is 5. The van der Waals surface area contributed by atoms with Gasteiger partial charge in [-0.1, -0.05) is 30.3 Å². The Labute approximate surface area is 159 Å². The van der Waals surface area contributed by atoms with E-state index >= 15 is 0 Å². The first-order valence-corrected chi connectivity index (χ1v) is 9.86. The average Bonchev–Trinajstić information content (AvgIpc) is 3.28. The molecule has 0 fully saturated rings. The summed E-state index contributed by atoms with van der Waals surface area (Å²) in [5.41, 5.74) is 1.91. The smallest absolute Gasteiger partial charge is 0.265 e. The maximum atomic E-state index is 12.5. The van der Waals surface area contributed by atoms with E-state index in [2.05, 4.69) is 16.4 Å². The Morgan fingerprint density at radius 3 is 2.65 bits per heavy atom. The summed E-state index contributed by atoms with van der Waals surface area (Å²) in [6.45, 7) is 1.74. The number of thiophene rings is 1. The second kappa shape index (κ2) is 7.27. The number of fused-ring (bicyclic) bond motifs is 1. The fourth-order valence-corrected chi connectivity index (χ4v) is 4.39. The minimum Gasteiger partial charge on any atom is -0.481 e. The molecule has 0 spiro atoms. The Morgan fingerprint density at radius 2 is 1.85 bits per heavy atom. The van der Waals surface area contributed by atoms with Crippen LogP contribution in [0.4, 0.5) is 5.00 Å². The van der Waals surface area contributed by atoms with Crippen LogP contribution in [-0.2, 0) is 4.79 Å². The second-order valence-electron chi connectivity index (χ2n) is 5.71. The van der Waals surface area contributed by atoms with Gasteiger partial charge in [0.1, 0.15) is 15.8 Å². The van der Waals surface area contributed by atoms with Gasteiger partial charge in [-0.05, 0) is 42.6 Å². The summed E-state index contributed by atoms with van der Waals surface area (Å²) in [6, 6.07) is 19.4. The minimum absolute atomic E-state index is 0.182. The quantitative estimate of drug-likeness (QED) is 0.502. The lowest BCUT2D eigenvalue weighted by molar-refractivity contribution is -0.122. The lowest BCUT2D eigenvalue weighted by Gasteiger charge is -2.14. The molecule has 0 saturated carbocycles. The van der Waals surface area contributed by atoms with Gasteiger partial charge in [-0.15, -0.1) is 22.7 Å². The van der Waals surface area contributed by atoms with E-state index in [0.29, 0.717) is 5.75 Å². The van der Waals surface area contributed by atoms with Crippen LogP contribution >= 0.6 is 22.7 Å². The molecule has 0 saturated heterocycles. The molecular formula is C20H16N2O2S2. The van der Waals surface area contributed by atoms with E-state index in [1.165, 1.54) is 11.3 Å². The van der Waals surface area contributed by atoms with E-state index in [1.54, 1.807) is 18.3 Å². The van der Waals surface area contributed by atoms with Crippen molar-refractivity contribution in [2.45, 2.75) is 13.0 Å². The van der Waals surface area contributed by atoms with Gasteiger partial charge in [-0.3, -0.25) is 4.79 Å². The first-order chi connectivity index (χ1) is 12.7. The van der Waals surface area contributed by atoms with Crippen LogP contribution in [-0.4, -0.2) is 17.0 Å². The summed E-state index contributed by atoms with van der Waals surface area (Å²) in [4.78, 5) is 17.2. The zero-order chi connectivity index (χ0) is 17.9. The summed E-state index contributed by atoms with van der Waals surface area (Å²) in [5, 5.41) is 6.62. The Hall–Kier alpha value is -2.70. The number of benzene rings is 2. The number of nitrogens with zero attached hydrogens (tertiary/aromatic N) is 1. The van der Waals surface area contributed by atoms with Crippen LogP contribution in [0.2, 0.25) is 0 Å². The van der Waals surface area contributed by atoms with Crippen LogP contribution in [0.1, 0.15) is 6.92 Å². The molecule has 0 aliphatic carbocycles. The van der Waals surface area contributed by atoms with Crippen molar-refractivity contribution < 1.29 is 9.53 Å². The molecule has 1 atom stereocenters. The number of aromatic nitrogens is 1. The third kappa shape index (κ3) is 3.47. The van der Waals surface area contributed by atoms with Crippen molar-refractivity contribution in [2.75, 3.05) is 5.32 Å². The van der Waals surface area contributed by atoms with Crippen LogP contribution in [0.5, 0.6) is 5.75 Å². The molecule has 1 N–H and O–H groups in total. The molecule has 2 heterocycles. The number of hydrogen-bond donors (Lipinski definition) is 1. The number of para-hydroxylation sites is 2. The summed E-state index contributed by atoms with van der Waals surface area (Å²) in [6.07, 6.45) is -0.595. The van der Waals surface area contributed by atoms with Gasteiger partial charge in [0, 0.05) is 5.56 Å². The lowest BCUT2D eigenvalue weighted by Crippen LogP contribution is -2.29. The van der Waals surface area contributed by atoms with Crippen LogP contribution in [0.3, 0.4) is 0 Å². The van der Waals surface area contributed by atoms with E-state index < -0.39 is 6.10 Å². The number of nitrogens with one attached hydrogen (secondary N) is 1. The molecule has 0 bridgehead atoms. The Balaban J connectivity index is 1.52. The van der Waals surface area contributed by atoms with Crippen molar-refractivity contribution in [3.8, 4) is 16.3 Å². The first-order valence-electron chi connectivity index (χ1n) is 8.17. The van der Waals surface area contributed by atoms with Crippen molar-refractivity contribution in [1.82, 2.24) is 4.98 Å². The van der Waals surface area contributed by atoms with Gasteiger partial charge in [0.2, 0.25) is 0 Å². The van der Waals surface area contributed by atoms with E-state index in [0.717, 1.165) is 25.8 Å². The van der Waals surface area contributed by atoms with Gasteiger partial charge in [0.15, 0.2) is 6.10 Å². The molecule has 0 unspecified atom stereocenters.